The minimum Gasteiger partial charge on any atom is -0.385 e. The molecule has 0 aromatic carbocycles. The predicted octanol–water partition coefficient (Wildman–Crippen LogP) is 2.51. The molecule has 0 amide bonds. The van der Waals surface area contributed by atoms with Gasteiger partial charge in [-0.2, -0.15) is 0 Å². The summed E-state index contributed by atoms with van der Waals surface area (Å²) in [6.07, 6.45) is 5.30. The summed E-state index contributed by atoms with van der Waals surface area (Å²) >= 11 is 0. The molecule has 0 radical (unpaired) electrons. The van der Waals surface area contributed by atoms with E-state index in [0.717, 1.165) is 19.1 Å². The van der Waals surface area contributed by atoms with Gasteiger partial charge in [0.2, 0.25) is 0 Å². The predicted molar refractivity (Wildman–Crippen MR) is 80.4 cm³/mol. The van der Waals surface area contributed by atoms with Crippen LogP contribution >= 0.6 is 0 Å². The third-order valence-corrected chi connectivity index (χ3v) is 5.13. The third kappa shape index (κ3) is 3.93. The Morgan fingerprint density at radius 3 is 2.63 bits per heavy atom. The van der Waals surface area contributed by atoms with Gasteiger partial charge in [0.1, 0.15) is 0 Å². The van der Waals surface area contributed by atoms with Gasteiger partial charge in [-0.15, -0.1) is 0 Å². The Morgan fingerprint density at radius 2 is 2.11 bits per heavy atom. The van der Waals surface area contributed by atoms with Crippen LogP contribution in [0.4, 0.5) is 0 Å². The van der Waals surface area contributed by atoms with E-state index in [1.54, 1.807) is 0 Å². The van der Waals surface area contributed by atoms with E-state index in [2.05, 4.69) is 31.0 Å². The van der Waals surface area contributed by atoms with Gasteiger partial charge in [0.15, 0.2) is 0 Å². The Balaban J connectivity index is 1.93. The fourth-order valence-corrected chi connectivity index (χ4v) is 3.43. The molecule has 3 nitrogen and oxygen atoms in total. The smallest absolute Gasteiger partial charge is 0.0468 e. The summed E-state index contributed by atoms with van der Waals surface area (Å²) in [5.41, 5.74) is 0.582. The lowest BCUT2D eigenvalue weighted by atomic mass is 9.94. The van der Waals surface area contributed by atoms with Gasteiger partial charge >= 0.3 is 0 Å². The molecule has 1 saturated carbocycles. The average molecular weight is 268 g/mol. The number of ether oxygens (including phenoxy) is 1. The molecule has 0 bridgehead atoms. The molecule has 0 aromatic heterocycles. The number of methoxy groups -OCH3 is 1. The quantitative estimate of drug-likeness (QED) is 0.768. The van der Waals surface area contributed by atoms with Crippen LogP contribution in [0.3, 0.4) is 0 Å². The summed E-state index contributed by atoms with van der Waals surface area (Å²) in [6.45, 7) is 11.6. The maximum atomic E-state index is 5.29. The SMILES string of the molecule is CCC1CN(CC2(CCOC)CC2)C(C(C)C)CN1. The van der Waals surface area contributed by atoms with Crippen molar-refractivity contribution < 1.29 is 4.74 Å². The van der Waals surface area contributed by atoms with Gasteiger partial charge in [0.25, 0.3) is 0 Å². The second-order valence-corrected chi connectivity index (χ2v) is 7.00. The minimum atomic E-state index is 0.582. The molecule has 1 saturated heterocycles. The lowest BCUT2D eigenvalue weighted by Gasteiger charge is -2.44. The van der Waals surface area contributed by atoms with Crippen molar-refractivity contribution in [1.29, 1.82) is 0 Å². The maximum Gasteiger partial charge on any atom is 0.0468 e. The van der Waals surface area contributed by atoms with E-state index in [-0.39, 0.29) is 0 Å². The highest BCUT2D eigenvalue weighted by Crippen LogP contribution is 2.49. The number of nitrogens with one attached hydrogen (secondary N) is 1. The minimum absolute atomic E-state index is 0.582. The van der Waals surface area contributed by atoms with Gasteiger partial charge in [-0.25, -0.2) is 0 Å². The van der Waals surface area contributed by atoms with Gasteiger partial charge in [-0.3, -0.25) is 4.90 Å². The summed E-state index contributed by atoms with van der Waals surface area (Å²) in [4.78, 5) is 2.78. The van der Waals surface area contributed by atoms with Gasteiger partial charge in [0.05, 0.1) is 0 Å². The highest BCUT2D eigenvalue weighted by atomic mass is 16.5. The van der Waals surface area contributed by atoms with Crippen LogP contribution in [0.5, 0.6) is 0 Å². The summed E-state index contributed by atoms with van der Waals surface area (Å²) in [7, 11) is 1.82. The van der Waals surface area contributed by atoms with Crippen molar-refractivity contribution in [1.82, 2.24) is 10.2 Å². The largest absolute Gasteiger partial charge is 0.385 e. The van der Waals surface area contributed by atoms with Crippen LogP contribution in [0.25, 0.3) is 0 Å². The van der Waals surface area contributed by atoms with E-state index in [4.69, 9.17) is 4.74 Å². The first-order valence-corrected chi connectivity index (χ1v) is 8.06. The Morgan fingerprint density at radius 1 is 1.37 bits per heavy atom. The van der Waals surface area contributed by atoms with E-state index in [1.165, 1.54) is 38.8 Å². The van der Waals surface area contributed by atoms with Crippen molar-refractivity contribution >= 4 is 0 Å². The Labute approximate surface area is 119 Å². The van der Waals surface area contributed by atoms with Crippen molar-refractivity contribution in [3.8, 4) is 0 Å². The van der Waals surface area contributed by atoms with Gasteiger partial charge in [-0.1, -0.05) is 20.8 Å². The average Bonchev–Trinajstić information content (AvgIpc) is 3.16. The first-order chi connectivity index (χ1) is 9.10. The monoisotopic (exact) mass is 268 g/mol. The van der Waals surface area contributed by atoms with Gasteiger partial charge in [0, 0.05) is 45.4 Å². The normalized spacial score (nSPS) is 30.8. The van der Waals surface area contributed by atoms with Crippen molar-refractivity contribution in [3.05, 3.63) is 0 Å². The molecule has 2 rings (SSSR count). The molecule has 19 heavy (non-hydrogen) atoms. The van der Waals surface area contributed by atoms with E-state index >= 15 is 0 Å². The fraction of sp³-hybridized carbons (Fsp3) is 1.00. The van der Waals surface area contributed by atoms with Crippen LogP contribution in [0.1, 0.15) is 46.5 Å². The molecule has 2 fully saturated rings. The van der Waals surface area contributed by atoms with Crippen LogP contribution in [0.15, 0.2) is 0 Å². The molecule has 1 aliphatic carbocycles. The van der Waals surface area contributed by atoms with Crippen molar-refractivity contribution in [2.24, 2.45) is 11.3 Å². The topological polar surface area (TPSA) is 24.5 Å². The zero-order valence-electron chi connectivity index (χ0n) is 13.2. The van der Waals surface area contributed by atoms with Crippen LogP contribution in [0, 0.1) is 11.3 Å². The Hall–Kier alpha value is -0.120. The fourth-order valence-electron chi connectivity index (χ4n) is 3.43. The van der Waals surface area contributed by atoms with Crippen LogP contribution in [-0.4, -0.2) is 50.3 Å². The summed E-state index contributed by atoms with van der Waals surface area (Å²) in [6, 6.07) is 1.40. The first-order valence-electron chi connectivity index (χ1n) is 8.06. The Kier molecular flexibility index (Phi) is 5.27. The molecule has 1 heterocycles. The molecule has 2 atom stereocenters. The summed E-state index contributed by atoms with van der Waals surface area (Å²) < 4.78 is 5.29. The van der Waals surface area contributed by atoms with E-state index in [9.17, 15) is 0 Å². The van der Waals surface area contributed by atoms with E-state index in [1.807, 2.05) is 7.11 Å². The standard InChI is InChI=1S/C16H32N2O/c1-5-14-11-18(15(10-17-14)13(2)3)12-16(6-7-16)8-9-19-4/h13-15,17H,5-12H2,1-4H3. The molecule has 112 valence electrons. The van der Waals surface area contributed by atoms with Crippen LogP contribution in [-0.2, 0) is 4.74 Å². The highest BCUT2D eigenvalue weighted by Gasteiger charge is 2.45. The lowest BCUT2D eigenvalue weighted by molar-refractivity contribution is 0.0655. The van der Waals surface area contributed by atoms with Crippen molar-refractivity contribution in [2.75, 3.05) is 33.4 Å². The zero-order chi connectivity index (χ0) is 13.9. The summed E-state index contributed by atoms with van der Waals surface area (Å²) in [5, 5.41) is 3.71. The number of hydrogen-bond donors (Lipinski definition) is 1. The maximum absolute atomic E-state index is 5.29. The first kappa shape index (κ1) is 15.3. The molecule has 2 unspecified atom stereocenters. The number of piperazine rings is 1. The van der Waals surface area contributed by atoms with Gasteiger partial charge in [-0.05, 0) is 37.0 Å². The van der Waals surface area contributed by atoms with Crippen LogP contribution < -0.4 is 5.32 Å². The molecule has 2 aliphatic rings. The second kappa shape index (κ2) is 6.55. The van der Waals surface area contributed by atoms with Crippen LogP contribution in [0.2, 0.25) is 0 Å². The Bertz CT molecular complexity index is 276. The number of rotatable bonds is 7. The van der Waals surface area contributed by atoms with E-state index < -0.39 is 0 Å². The lowest BCUT2D eigenvalue weighted by Crippen LogP contribution is -2.59. The molecule has 3 heteroatoms. The molecular formula is C16H32N2O. The molecule has 1 N–H and O–H groups in total. The van der Waals surface area contributed by atoms with Crippen molar-refractivity contribution in [2.45, 2.75) is 58.5 Å². The van der Waals surface area contributed by atoms with E-state index in [0.29, 0.717) is 17.5 Å². The third-order valence-electron chi connectivity index (χ3n) is 5.13. The number of hydrogen-bond acceptors (Lipinski definition) is 3. The second-order valence-electron chi connectivity index (χ2n) is 7.00. The molecule has 0 aromatic rings. The zero-order valence-corrected chi connectivity index (χ0v) is 13.2. The molecular weight excluding hydrogens is 236 g/mol. The molecule has 1 aliphatic heterocycles. The molecule has 0 spiro atoms. The summed E-state index contributed by atoms with van der Waals surface area (Å²) in [5.74, 6) is 0.739. The van der Waals surface area contributed by atoms with Gasteiger partial charge < -0.3 is 10.1 Å². The highest BCUT2D eigenvalue weighted by molar-refractivity contribution is 4.99. The van der Waals surface area contributed by atoms with Crippen molar-refractivity contribution in [3.63, 3.8) is 0 Å². The number of nitrogens with zero attached hydrogens (tertiary/aromatic N) is 1.